The molecule has 100 valence electrons. The number of hydrogen-bond acceptors (Lipinski definition) is 6. The fourth-order valence-corrected chi connectivity index (χ4v) is 2.31. The standard InChI is InChI=1S/C12H19N3O3/c1-13-9(8-2-3-8)6-11-14-12(15-18-11)10-7-16-4-5-17-10/h8-10,13H,2-7H2,1H3. The Balaban J connectivity index is 1.61. The number of ether oxygens (including phenoxy) is 2. The van der Waals surface area contributed by atoms with Crippen molar-refractivity contribution in [2.75, 3.05) is 26.9 Å². The largest absolute Gasteiger partial charge is 0.376 e. The molecule has 1 aromatic rings. The Morgan fingerprint density at radius 1 is 1.39 bits per heavy atom. The van der Waals surface area contributed by atoms with Gasteiger partial charge in [-0.2, -0.15) is 4.98 Å². The lowest BCUT2D eigenvalue weighted by Crippen LogP contribution is -2.29. The molecule has 2 unspecified atom stereocenters. The Kier molecular flexibility index (Phi) is 3.58. The minimum atomic E-state index is -0.176. The zero-order chi connectivity index (χ0) is 12.4. The van der Waals surface area contributed by atoms with Crippen molar-refractivity contribution < 1.29 is 14.0 Å². The van der Waals surface area contributed by atoms with Gasteiger partial charge < -0.3 is 19.3 Å². The minimum Gasteiger partial charge on any atom is -0.376 e. The third-order valence-corrected chi connectivity index (χ3v) is 3.54. The van der Waals surface area contributed by atoms with Gasteiger partial charge in [0.25, 0.3) is 0 Å². The van der Waals surface area contributed by atoms with E-state index in [1.807, 2.05) is 7.05 Å². The number of nitrogens with zero attached hydrogens (tertiary/aromatic N) is 2. The van der Waals surface area contributed by atoms with Crippen molar-refractivity contribution >= 4 is 0 Å². The van der Waals surface area contributed by atoms with Crippen LogP contribution in [0.15, 0.2) is 4.52 Å². The number of hydrogen-bond donors (Lipinski definition) is 1. The highest BCUT2D eigenvalue weighted by molar-refractivity contribution is 4.97. The molecule has 1 saturated heterocycles. The Bertz CT molecular complexity index is 386. The van der Waals surface area contributed by atoms with E-state index in [0.717, 1.165) is 12.3 Å². The van der Waals surface area contributed by atoms with E-state index >= 15 is 0 Å². The molecule has 2 heterocycles. The molecular weight excluding hydrogens is 234 g/mol. The lowest BCUT2D eigenvalue weighted by Gasteiger charge is -2.19. The van der Waals surface area contributed by atoms with Gasteiger partial charge in [0.1, 0.15) is 6.10 Å². The van der Waals surface area contributed by atoms with Crippen molar-refractivity contribution in [1.82, 2.24) is 15.5 Å². The van der Waals surface area contributed by atoms with Crippen molar-refractivity contribution in [3.8, 4) is 0 Å². The maximum Gasteiger partial charge on any atom is 0.228 e. The van der Waals surface area contributed by atoms with Crippen LogP contribution in [0.3, 0.4) is 0 Å². The van der Waals surface area contributed by atoms with Gasteiger partial charge in [-0.3, -0.25) is 0 Å². The molecule has 1 saturated carbocycles. The van der Waals surface area contributed by atoms with Gasteiger partial charge in [-0.15, -0.1) is 0 Å². The summed E-state index contributed by atoms with van der Waals surface area (Å²) in [5.74, 6) is 2.06. The molecular formula is C12H19N3O3. The predicted molar refractivity (Wildman–Crippen MR) is 63.1 cm³/mol. The van der Waals surface area contributed by atoms with E-state index in [-0.39, 0.29) is 6.10 Å². The van der Waals surface area contributed by atoms with Crippen LogP contribution >= 0.6 is 0 Å². The molecule has 2 aliphatic rings. The van der Waals surface area contributed by atoms with Gasteiger partial charge in [-0.25, -0.2) is 0 Å². The van der Waals surface area contributed by atoms with Gasteiger partial charge in [0.2, 0.25) is 11.7 Å². The first-order chi connectivity index (χ1) is 8.86. The Labute approximate surface area is 106 Å². The summed E-state index contributed by atoms with van der Waals surface area (Å²) in [4.78, 5) is 4.41. The number of likely N-dealkylation sites (N-methyl/N-ethyl adjacent to an activating group) is 1. The van der Waals surface area contributed by atoms with Crippen LogP contribution in [0.5, 0.6) is 0 Å². The molecule has 0 amide bonds. The maximum atomic E-state index is 5.54. The Hall–Kier alpha value is -0.980. The summed E-state index contributed by atoms with van der Waals surface area (Å²) in [6.45, 7) is 1.75. The van der Waals surface area contributed by atoms with Gasteiger partial charge >= 0.3 is 0 Å². The highest BCUT2D eigenvalue weighted by Gasteiger charge is 2.32. The second-order valence-corrected chi connectivity index (χ2v) is 4.92. The summed E-state index contributed by atoms with van der Waals surface area (Å²) in [6, 6.07) is 0.446. The lowest BCUT2D eigenvalue weighted by atomic mass is 10.1. The molecule has 0 spiro atoms. The van der Waals surface area contributed by atoms with Crippen LogP contribution in [0.2, 0.25) is 0 Å². The maximum absolute atomic E-state index is 5.54. The van der Waals surface area contributed by atoms with Gasteiger partial charge in [-0.05, 0) is 25.8 Å². The molecule has 0 aromatic carbocycles. The van der Waals surface area contributed by atoms with Gasteiger partial charge in [0.05, 0.1) is 19.8 Å². The number of rotatable bonds is 5. The zero-order valence-electron chi connectivity index (χ0n) is 10.6. The summed E-state index contributed by atoms with van der Waals surface area (Å²) in [6.07, 6.45) is 3.21. The van der Waals surface area contributed by atoms with Crippen LogP contribution < -0.4 is 5.32 Å². The summed E-state index contributed by atoms with van der Waals surface area (Å²) in [7, 11) is 1.98. The normalized spacial score (nSPS) is 26.2. The second-order valence-electron chi connectivity index (χ2n) is 4.92. The van der Waals surface area contributed by atoms with Crippen molar-refractivity contribution in [1.29, 1.82) is 0 Å². The topological polar surface area (TPSA) is 69.4 Å². The summed E-state index contributed by atoms with van der Waals surface area (Å²) >= 11 is 0. The van der Waals surface area contributed by atoms with Gasteiger partial charge in [-0.1, -0.05) is 5.16 Å². The zero-order valence-corrected chi connectivity index (χ0v) is 10.6. The molecule has 1 aliphatic carbocycles. The van der Waals surface area contributed by atoms with Crippen molar-refractivity contribution in [2.45, 2.75) is 31.4 Å². The van der Waals surface area contributed by atoms with Crippen LogP contribution in [0.1, 0.15) is 30.7 Å². The molecule has 0 bridgehead atoms. The highest BCUT2D eigenvalue weighted by atomic mass is 16.6. The summed E-state index contributed by atoms with van der Waals surface area (Å²) in [5.41, 5.74) is 0. The Morgan fingerprint density at radius 2 is 2.28 bits per heavy atom. The third-order valence-electron chi connectivity index (χ3n) is 3.54. The quantitative estimate of drug-likeness (QED) is 0.833. The van der Waals surface area contributed by atoms with Crippen LogP contribution in [-0.4, -0.2) is 43.1 Å². The third kappa shape index (κ3) is 2.71. The van der Waals surface area contributed by atoms with E-state index in [2.05, 4.69) is 15.5 Å². The molecule has 3 rings (SSSR count). The molecule has 1 aliphatic heterocycles. The van der Waals surface area contributed by atoms with Crippen LogP contribution in [0.25, 0.3) is 0 Å². The van der Waals surface area contributed by atoms with Crippen molar-refractivity contribution in [3.05, 3.63) is 11.7 Å². The Morgan fingerprint density at radius 3 is 2.94 bits per heavy atom. The number of nitrogens with one attached hydrogen (secondary N) is 1. The first-order valence-corrected chi connectivity index (χ1v) is 6.56. The SMILES string of the molecule is CNC(Cc1nc(C2COCCO2)no1)C1CC1. The smallest absolute Gasteiger partial charge is 0.228 e. The van der Waals surface area contributed by atoms with E-state index in [9.17, 15) is 0 Å². The van der Waals surface area contributed by atoms with Crippen LogP contribution in [0, 0.1) is 5.92 Å². The average Bonchev–Trinajstić information content (AvgIpc) is 3.16. The van der Waals surface area contributed by atoms with Gasteiger partial charge in [0, 0.05) is 12.5 Å². The van der Waals surface area contributed by atoms with Crippen LogP contribution in [-0.2, 0) is 15.9 Å². The van der Waals surface area contributed by atoms with Crippen LogP contribution in [0.4, 0.5) is 0 Å². The molecule has 6 nitrogen and oxygen atoms in total. The molecule has 1 N–H and O–H groups in total. The fraction of sp³-hybridized carbons (Fsp3) is 0.833. The second kappa shape index (κ2) is 5.34. The molecule has 1 aromatic heterocycles. The number of aromatic nitrogens is 2. The van der Waals surface area contributed by atoms with E-state index in [4.69, 9.17) is 14.0 Å². The predicted octanol–water partition coefficient (Wildman–Crippen LogP) is 0.698. The first-order valence-electron chi connectivity index (χ1n) is 6.56. The van der Waals surface area contributed by atoms with E-state index in [1.165, 1.54) is 12.8 Å². The summed E-state index contributed by atoms with van der Waals surface area (Å²) in [5, 5.41) is 7.31. The average molecular weight is 253 g/mol. The lowest BCUT2D eigenvalue weighted by molar-refractivity contribution is -0.0941. The minimum absolute atomic E-state index is 0.176. The van der Waals surface area contributed by atoms with E-state index in [1.54, 1.807) is 0 Å². The highest BCUT2D eigenvalue weighted by Crippen LogP contribution is 2.33. The summed E-state index contributed by atoms with van der Waals surface area (Å²) < 4.78 is 16.2. The fourth-order valence-electron chi connectivity index (χ4n) is 2.31. The molecule has 2 atom stereocenters. The van der Waals surface area contributed by atoms with E-state index in [0.29, 0.717) is 37.6 Å². The molecule has 2 fully saturated rings. The molecule has 0 radical (unpaired) electrons. The monoisotopic (exact) mass is 253 g/mol. The molecule has 18 heavy (non-hydrogen) atoms. The van der Waals surface area contributed by atoms with E-state index < -0.39 is 0 Å². The first kappa shape index (κ1) is 12.1. The van der Waals surface area contributed by atoms with Crippen molar-refractivity contribution in [2.24, 2.45) is 5.92 Å². The molecule has 6 heteroatoms. The van der Waals surface area contributed by atoms with Gasteiger partial charge in [0.15, 0.2) is 0 Å². The van der Waals surface area contributed by atoms with Crippen molar-refractivity contribution in [3.63, 3.8) is 0 Å².